The zero-order chi connectivity index (χ0) is 18.4. The average Bonchev–Trinajstić information content (AvgIpc) is 2.98. The molecular weight excluding hydrogens is 340 g/mol. The Hall–Kier alpha value is -2.41. The lowest BCUT2D eigenvalue weighted by atomic mass is 10.1. The molecule has 1 aromatic carbocycles. The van der Waals surface area contributed by atoms with E-state index in [-0.39, 0.29) is 18.4 Å². The van der Waals surface area contributed by atoms with E-state index < -0.39 is 11.6 Å². The number of thiazole rings is 1. The highest BCUT2D eigenvalue weighted by molar-refractivity contribution is 7.13. The van der Waals surface area contributed by atoms with E-state index >= 15 is 0 Å². The Labute approximate surface area is 151 Å². The fourth-order valence-corrected chi connectivity index (χ4v) is 2.57. The minimum atomic E-state index is -0.560. The lowest BCUT2D eigenvalue weighted by molar-refractivity contribution is -0.117. The minimum absolute atomic E-state index is 0.175. The van der Waals surface area contributed by atoms with Crippen LogP contribution in [0, 0.1) is 0 Å². The molecule has 0 aliphatic rings. The number of esters is 1. The average molecular weight is 362 g/mol. The van der Waals surface area contributed by atoms with Crippen molar-refractivity contribution in [3.8, 4) is 5.75 Å². The number of aromatic nitrogens is 1. The molecule has 0 bridgehead atoms. The molecular formula is C18H22N2O4S. The molecule has 0 aliphatic heterocycles. The smallest absolute Gasteiger partial charge is 0.338 e. The zero-order valence-electron chi connectivity index (χ0n) is 14.7. The predicted octanol–water partition coefficient (Wildman–Crippen LogP) is 3.89. The molecule has 7 heteroatoms. The van der Waals surface area contributed by atoms with Crippen molar-refractivity contribution in [2.45, 2.75) is 45.8 Å². The van der Waals surface area contributed by atoms with Gasteiger partial charge in [-0.1, -0.05) is 6.07 Å². The summed E-state index contributed by atoms with van der Waals surface area (Å²) in [6.07, 6.45) is 1.45. The fraction of sp³-hybridized carbons (Fsp3) is 0.389. The Balaban J connectivity index is 1.92. The number of hydrogen-bond acceptors (Lipinski definition) is 6. The van der Waals surface area contributed by atoms with E-state index in [9.17, 15) is 9.59 Å². The third kappa shape index (κ3) is 6.54. The van der Waals surface area contributed by atoms with E-state index in [2.05, 4.69) is 10.3 Å². The van der Waals surface area contributed by atoms with Crippen LogP contribution in [0.5, 0.6) is 5.75 Å². The van der Waals surface area contributed by atoms with E-state index in [0.29, 0.717) is 16.4 Å². The van der Waals surface area contributed by atoms with Crippen LogP contribution in [-0.4, -0.2) is 28.6 Å². The van der Waals surface area contributed by atoms with E-state index in [0.717, 1.165) is 0 Å². The van der Waals surface area contributed by atoms with Crippen LogP contribution < -0.4 is 10.1 Å². The van der Waals surface area contributed by atoms with Crippen molar-refractivity contribution >= 4 is 28.3 Å². The maximum Gasteiger partial charge on any atom is 0.338 e. The summed E-state index contributed by atoms with van der Waals surface area (Å²) in [6, 6.07) is 6.74. The number of hydrogen-bond donors (Lipinski definition) is 1. The summed E-state index contributed by atoms with van der Waals surface area (Å²) in [5.74, 6) is -0.0734. The van der Waals surface area contributed by atoms with Crippen LogP contribution in [0.4, 0.5) is 5.13 Å². The summed E-state index contributed by atoms with van der Waals surface area (Å²) in [5, 5.41) is 5.06. The third-order valence-electron chi connectivity index (χ3n) is 2.96. The molecule has 0 fully saturated rings. The normalized spacial score (nSPS) is 12.3. The highest BCUT2D eigenvalue weighted by Gasteiger charge is 2.19. The third-order valence-corrected chi connectivity index (χ3v) is 3.65. The van der Waals surface area contributed by atoms with Crippen LogP contribution in [-0.2, 0) is 9.53 Å². The molecule has 2 aromatic rings. The van der Waals surface area contributed by atoms with Crippen LogP contribution >= 0.6 is 11.3 Å². The lowest BCUT2D eigenvalue weighted by Gasteiger charge is -2.20. The SMILES string of the molecule is CC(CC(=O)Nc1nccs1)Oc1cccc(C(=O)OC(C)(C)C)c1. The van der Waals surface area contributed by atoms with Gasteiger partial charge in [-0.25, -0.2) is 9.78 Å². The van der Waals surface area contributed by atoms with Crippen molar-refractivity contribution in [3.05, 3.63) is 41.4 Å². The predicted molar refractivity (Wildman–Crippen MR) is 97.1 cm³/mol. The van der Waals surface area contributed by atoms with Crippen molar-refractivity contribution in [1.29, 1.82) is 0 Å². The molecule has 6 nitrogen and oxygen atoms in total. The number of benzene rings is 1. The van der Waals surface area contributed by atoms with Gasteiger partial charge in [0.2, 0.25) is 5.91 Å². The first-order valence-electron chi connectivity index (χ1n) is 7.92. The second kappa shape index (κ2) is 8.11. The number of amides is 1. The van der Waals surface area contributed by atoms with Crippen LogP contribution in [0.3, 0.4) is 0 Å². The number of carbonyl (C=O) groups is 2. The molecule has 2 rings (SSSR count). The Bertz CT molecular complexity index is 723. The summed E-state index contributed by atoms with van der Waals surface area (Å²) >= 11 is 1.36. The molecule has 25 heavy (non-hydrogen) atoms. The van der Waals surface area contributed by atoms with Gasteiger partial charge in [0.15, 0.2) is 5.13 Å². The monoisotopic (exact) mass is 362 g/mol. The van der Waals surface area contributed by atoms with Crippen molar-refractivity contribution < 1.29 is 19.1 Å². The molecule has 1 amide bonds. The maximum absolute atomic E-state index is 12.1. The topological polar surface area (TPSA) is 77.5 Å². The summed E-state index contributed by atoms with van der Waals surface area (Å²) < 4.78 is 11.1. The molecule has 1 unspecified atom stereocenters. The lowest BCUT2D eigenvalue weighted by Crippen LogP contribution is -2.24. The number of anilines is 1. The molecule has 0 radical (unpaired) electrons. The molecule has 1 N–H and O–H groups in total. The fourth-order valence-electron chi connectivity index (χ4n) is 2.02. The minimum Gasteiger partial charge on any atom is -0.490 e. The highest BCUT2D eigenvalue weighted by atomic mass is 32.1. The Morgan fingerprint density at radius 3 is 2.72 bits per heavy atom. The maximum atomic E-state index is 12.1. The standard InChI is InChI=1S/C18H22N2O4S/c1-12(10-15(21)20-17-19-8-9-25-17)23-14-7-5-6-13(11-14)16(22)24-18(2,3)4/h5-9,11-12H,10H2,1-4H3,(H,19,20,21). The van der Waals surface area contributed by atoms with Crippen molar-refractivity contribution in [3.63, 3.8) is 0 Å². The van der Waals surface area contributed by atoms with Crippen molar-refractivity contribution in [2.24, 2.45) is 0 Å². The van der Waals surface area contributed by atoms with Gasteiger partial charge in [-0.2, -0.15) is 0 Å². The van der Waals surface area contributed by atoms with E-state index in [1.807, 2.05) is 20.8 Å². The number of carbonyl (C=O) groups excluding carboxylic acids is 2. The summed E-state index contributed by atoms with van der Waals surface area (Å²) in [7, 11) is 0. The molecule has 1 atom stereocenters. The Morgan fingerprint density at radius 1 is 1.32 bits per heavy atom. The second-order valence-corrected chi connectivity index (χ2v) is 7.44. The Kier molecular flexibility index (Phi) is 6.14. The van der Waals surface area contributed by atoms with Gasteiger partial charge in [0.05, 0.1) is 12.0 Å². The first-order valence-corrected chi connectivity index (χ1v) is 8.80. The van der Waals surface area contributed by atoms with Crippen LogP contribution in [0.2, 0.25) is 0 Å². The second-order valence-electron chi connectivity index (χ2n) is 6.55. The van der Waals surface area contributed by atoms with Crippen LogP contribution in [0.25, 0.3) is 0 Å². The number of nitrogens with one attached hydrogen (secondary N) is 1. The number of rotatable bonds is 6. The van der Waals surface area contributed by atoms with Gasteiger partial charge >= 0.3 is 5.97 Å². The highest BCUT2D eigenvalue weighted by Crippen LogP contribution is 2.19. The summed E-state index contributed by atoms with van der Waals surface area (Å²) in [6.45, 7) is 7.23. The quantitative estimate of drug-likeness (QED) is 0.789. The van der Waals surface area contributed by atoms with Gasteiger partial charge in [-0.15, -0.1) is 11.3 Å². The zero-order valence-corrected chi connectivity index (χ0v) is 15.6. The van der Waals surface area contributed by atoms with Gasteiger partial charge in [0, 0.05) is 11.6 Å². The Morgan fingerprint density at radius 2 is 2.08 bits per heavy atom. The largest absolute Gasteiger partial charge is 0.490 e. The molecule has 0 saturated carbocycles. The van der Waals surface area contributed by atoms with Gasteiger partial charge in [0.25, 0.3) is 0 Å². The molecule has 0 spiro atoms. The first kappa shape index (κ1) is 18.9. The van der Waals surface area contributed by atoms with Crippen molar-refractivity contribution in [2.75, 3.05) is 5.32 Å². The number of ether oxygens (including phenoxy) is 2. The van der Waals surface area contributed by atoms with E-state index in [1.165, 1.54) is 11.3 Å². The van der Waals surface area contributed by atoms with Crippen molar-refractivity contribution in [1.82, 2.24) is 4.98 Å². The molecule has 1 heterocycles. The van der Waals surface area contributed by atoms with Gasteiger partial charge < -0.3 is 14.8 Å². The molecule has 1 aromatic heterocycles. The molecule has 0 saturated heterocycles. The number of nitrogens with zero attached hydrogens (tertiary/aromatic N) is 1. The summed E-state index contributed by atoms with van der Waals surface area (Å²) in [4.78, 5) is 28.1. The van der Waals surface area contributed by atoms with Crippen LogP contribution in [0.15, 0.2) is 35.8 Å². The van der Waals surface area contributed by atoms with Gasteiger partial charge in [-0.3, -0.25) is 4.79 Å². The van der Waals surface area contributed by atoms with Gasteiger partial charge in [-0.05, 0) is 45.9 Å². The first-order chi connectivity index (χ1) is 11.7. The molecule has 0 aliphatic carbocycles. The van der Waals surface area contributed by atoms with E-state index in [4.69, 9.17) is 9.47 Å². The van der Waals surface area contributed by atoms with Gasteiger partial charge in [0.1, 0.15) is 17.5 Å². The van der Waals surface area contributed by atoms with Crippen LogP contribution in [0.1, 0.15) is 44.5 Å². The van der Waals surface area contributed by atoms with E-state index in [1.54, 1.807) is 42.8 Å². The molecule has 134 valence electrons. The summed E-state index contributed by atoms with van der Waals surface area (Å²) in [5.41, 5.74) is -0.151.